The molecule has 0 heterocycles. The Morgan fingerprint density at radius 3 is 2.74 bits per heavy atom. The molecule has 0 saturated carbocycles. The Labute approximate surface area is 118 Å². The highest BCUT2D eigenvalue weighted by Gasteiger charge is 2.16. The smallest absolute Gasteiger partial charge is 0.173 e. The van der Waals surface area contributed by atoms with Gasteiger partial charge < -0.3 is 20.9 Å². The van der Waals surface area contributed by atoms with Crippen molar-refractivity contribution in [3.05, 3.63) is 23.8 Å². The Hall–Kier alpha value is -1.40. The molecule has 0 unspecified atom stereocenters. The molecule has 0 fully saturated rings. The zero-order valence-electron chi connectivity index (χ0n) is 11.3. The maximum Gasteiger partial charge on any atom is 0.173 e. The molecule has 0 spiro atoms. The van der Waals surface area contributed by atoms with Gasteiger partial charge in [0, 0.05) is 30.3 Å². The zero-order chi connectivity index (χ0) is 14.3. The van der Waals surface area contributed by atoms with Gasteiger partial charge in [0.25, 0.3) is 0 Å². The summed E-state index contributed by atoms with van der Waals surface area (Å²) < 4.78 is 0. The van der Waals surface area contributed by atoms with E-state index >= 15 is 0 Å². The van der Waals surface area contributed by atoms with Gasteiger partial charge in [0.2, 0.25) is 0 Å². The van der Waals surface area contributed by atoms with Gasteiger partial charge in [-0.3, -0.25) is 0 Å². The molecule has 106 valence electrons. The fourth-order valence-electron chi connectivity index (χ4n) is 1.97. The van der Waals surface area contributed by atoms with Crippen molar-refractivity contribution in [2.45, 2.75) is 18.2 Å². The third-order valence-corrected chi connectivity index (χ3v) is 3.68. The maximum atomic E-state index is 8.96. The highest BCUT2D eigenvalue weighted by Crippen LogP contribution is 2.29. The summed E-state index contributed by atoms with van der Waals surface area (Å²) in [4.78, 5) is 3.08. The van der Waals surface area contributed by atoms with Gasteiger partial charge in [-0.25, -0.2) is 0 Å². The monoisotopic (exact) mass is 283 g/mol. The van der Waals surface area contributed by atoms with Gasteiger partial charge in [-0.15, -0.1) is 11.8 Å². The Kier molecular flexibility index (Phi) is 6.52. The first kappa shape index (κ1) is 15.7. The van der Waals surface area contributed by atoms with Crippen molar-refractivity contribution >= 4 is 23.3 Å². The van der Waals surface area contributed by atoms with Crippen molar-refractivity contribution in [2.75, 3.05) is 30.9 Å². The van der Waals surface area contributed by atoms with Crippen LogP contribution in [0.1, 0.15) is 18.9 Å². The van der Waals surface area contributed by atoms with Crippen molar-refractivity contribution in [1.29, 1.82) is 0 Å². The molecule has 1 rings (SSSR count). The second kappa shape index (κ2) is 7.91. The fraction of sp³-hybridized carbons (Fsp3) is 0.462. The van der Waals surface area contributed by atoms with E-state index in [1.807, 2.05) is 31.4 Å². The number of hydrogen-bond acceptors (Lipinski definition) is 5. The molecule has 5 nitrogen and oxygen atoms in total. The number of aliphatic hydroxyl groups excluding tert-OH is 1. The Morgan fingerprint density at radius 2 is 2.21 bits per heavy atom. The molecule has 0 bridgehead atoms. The summed E-state index contributed by atoms with van der Waals surface area (Å²) in [6, 6.07) is 5.85. The van der Waals surface area contributed by atoms with E-state index in [2.05, 4.69) is 10.1 Å². The molecule has 0 aliphatic heterocycles. The van der Waals surface area contributed by atoms with Crippen molar-refractivity contribution in [1.82, 2.24) is 0 Å². The van der Waals surface area contributed by atoms with Crippen molar-refractivity contribution in [3.63, 3.8) is 0 Å². The van der Waals surface area contributed by atoms with E-state index in [4.69, 9.17) is 16.0 Å². The van der Waals surface area contributed by atoms with Crippen LogP contribution in [0.4, 0.5) is 5.69 Å². The van der Waals surface area contributed by atoms with Crippen LogP contribution in [0.2, 0.25) is 0 Å². The van der Waals surface area contributed by atoms with Crippen LogP contribution < -0.4 is 10.6 Å². The predicted octanol–water partition coefficient (Wildman–Crippen LogP) is 1.71. The summed E-state index contributed by atoms with van der Waals surface area (Å²) in [5.41, 5.74) is 7.48. The average Bonchev–Trinajstić information content (AvgIpc) is 2.46. The van der Waals surface area contributed by atoms with Gasteiger partial charge in [0.05, 0.1) is 5.56 Å². The first-order valence-electron chi connectivity index (χ1n) is 6.20. The normalized spacial score (nSPS) is 11.6. The molecule has 0 atom stereocenters. The number of aliphatic hydroxyl groups is 1. The number of nitrogens with zero attached hydrogens (tertiary/aromatic N) is 2. The van der Waals surface area contributed by atoms with Crippen LogP contribution in [0.15, 0.2) is 28.3 Å². The molecule has 1 aromatic rings. The maximum absolute atomic E-state index is 8.96. The lowest BCUT2D eigenvalue weighted by Gasteiger charge is -2.26. The van der Waals surface area contributed by atoms with Crippen LogP contribution in [-0.4, -0.2) is 42.1 Å². The van der Waals surface area contributed by atoms with Crippen molar-refractivity contribution in [2.24, 2.45) is 10.9 Å². The average molecular weight is 283 g/mol. The number of hydrogen-bond donors (Lipinski definition) is 3. The number of thioether (sulfide) groups is 1. The third kappa shape index (κ3) is 3.78. The topological polar surface area (TPSA) is 82.1 Å². The summed E-state index contributed by atoms with van der Waals surface area (Å²) in [5, 5.41) is 21.1. The molecule has 0 amide bonds. The number of amidine groups is 1. The summed E-state index contributed by atoms with van der Waals surface area (Å²) in [7, 11) is 0. The largest absolute Gasteiger partial charge is 0.409 e. The van der Waals surface area contributed by atoms with Gasteiger partial charge in [-0.05, 0) is 31.7 Å². The number of nitrogens with two attached hydrogens (primary N) is 1. The highest BCUT2D eigenvalue weighted by molar-refractivity contribution is 7.98. The van der Waals surface area contributed by atoms with Crippen LogP contribution in [0.5, 0.6) is 0 Å². The minimum absolute atomic E-state index is 0.113. The first-order valence-corrected chi connectivity index (χ1v) is 7.42. The summed E-state index contributed by atoms with van der Waals surface area (Å²) in [6.45, 7) is 3.72. The molecule has 19 heavy (non-hydrogen) atoms. The number of rotatable bonds is 7. The van der Waals surface area contributed by atoms with E-state index in [1.54, 1.807) is 11.8 Å². The lowest BCUT2D eigenvalue weighted by Crippen LogP contribution is -2.28. The highest BCUT2D eigenvalue weighted by atomic mass is 32.2. The summed E-state index contributed by atoms with van der Waals surface area (Å²) >= 11 is 1.56. The molecular weight excluding hydrogens is 262 g/mol. The van der Waals surface area contributed by atoms with E-state index < -0.39 is 0 Å². The van der Waals surface area contributed by atoms with Gasteiger partial charge in [-0.2, -0.15) is 0 Å². The lowest BCUT2D eigenvalue weighted by molar-refractivity contribution is 0.289. The second-order valence-electron chi connectivity index (χ2n) is 4.00. The molecule has 0 aliphatic carbocycles. The lowest BCUT2D eigenvalue weighted by atomic mass is 10.1. The van der Waals surface area contributed by atoms with Gasteiger partial charge in [0.15, 0.2) is 5.84 Å². The number of benzene rings is 1. The molecule has 1 aromatic carbocycles. The fourth-order valence-corrected chi connectivity index (χ4v) is 2.60. The van der Waals surface area contributed by atoms with E-state index in [0.29, 0.717) is 6.42 Å². The van der Waals surface area contributed by atoms with Gasteiger partial charge in [0.1, 0.15) is 0 Å². The third-order valence-electron chi connectivity index (χ3n) is 2.90. The van der Waals surface area contributed by atoms with Crippen molar-refractivity contribution in [3.8, 4) is 0 Å². The number of oxime groups is 1. The number of anilines is 1. The SMILES string of the molecule is CCN(CCCO)c1cccc(SC)c1/C(N)=N/O. The van der Waals surface area contributed by atoms with Gasteiger partial charge in [-0.1, -0.05) is 11.2 Å². The minimum atomic E-state index is 0.113. The summed E-state index contributed by atoms with van der Waals surface area (Å²) in [5.74, 6) is 0.113. The van der Waals surface area contributed by atoms with E-state index in [1.165, 1.54) is 0 Å². The molecule has 0 radical (unpaired) electrons. The van der Waals surface area contributed by atoms with E-state index in [0.717, 1.165) is 29.2 Å². The Balaban J connectivity index is 3.24. The zero-order valence-corrected chi connectivity index (χ0v) is 12.2. The first-order chi connectivity index (χ1) is 9.19. The Bertz CT molecular complexity index is 438. The Morgan fingerprint density at radius 1 is 1.47 bits per heavy atom. The predicted molar refractivity (Wildman–Crippen MR) is 80.3 cm³/mol. The quantitative estimate of drug-likeness (QED) is 0.233. The van der Waals surface area contributed by atoms with Crippen LogP contribution in [0.25, 0.3) is 0 Å². The van der Waals surface area contributed by atoms with Crippen LogP contribution >= 0.6 is 11.8 Å². The minimum Gasteiger partial charge on any atom is -0.409 e. The van der Waals surface area contributed by atoms with Crippen LogP contribution in [0.3, 0.4) is 0 Å². The molecule has 6 heteroatoms. The second-order valence-corrected chi connectivity index (χ2v) is 4.84. The van der Waals surface area contributed by atoms with Crippen LogP contribution in [0, 0.1) is 0 Å². The molecule has 0 aromatic heterocycles. The van der Waals surface area contributed by atoms with E-state index in [-0.39, 0.29) is 12.4 Å². The van der Waals surface area contributed by atoms with Crippen molar-refractivity contribution < 1.29 is 10.3 Å². The van der Waals surface area contributed by atoms with E-state index in [9.17, 15) is 0 Å². The van der Waals surface area contributed by atoms with Gasteiger partial charge >= 0.3 is 0 Å². The molecule has 4 N–H and O–H groups in total. The summed E-state index contributed by atoms with van der Waals surface area (Å²) in [6.07, 6.45) is 2.64. The molecular formula is C13H21N3O2S. The molecule has 0 saturated heterocycles. The molecule has 0 aliphatic rings. The standard InChI is InChI=1S/C13H21N3O2S/c1-3-16(8-5-9-17)10-6-4-7-11(19-2)12(10)13(14)15-18/h4,6-7,17-18H,3,5,8-9H2,1-2H3,(H2,14,15). The van der Waals surface area contributed by atoms with Crippen LogP contribution in [-0.2, 0) is 0 Å².